The molecule has 1 saturated carbocycles. The minimum atomic E-state index is -1.34. The van der Waals surface area contributed by atoms with Crippen molar-refractivity contribution in [2.45, 2.75) is 78.0 Å². The summed E-state index contributed by atoms with van der Waals surface area (Å²) < 4.78 is 12.4. The van der Waals surface area contributed by atoms with Crippen molar-refractivity contribution >= 4 is 46.6 Å². The molecule has 2 amide bonds. The number of carbonyl (C=O) groups excluding carboxylic acids is 2. The summed E-state index contributed by atoms with van der Waals surface area (Å²) in [6.07, 6.45) is 0.561. The van der Waals surface area contributed by atoms with Crippen LogP contribution in [-0.2, 0) is 15.0 Å². The van der Waals surface area contributed by atoms with Gasteiger partial charge in [-0.15, -0.1) is 0 Å². The number of ether oxygens (including phenoxy) is 2. The van der Waals surface area contributed by atoms with E-state index < -0.39 is 34.9 Å². The lowest BCUT2D eigenvalue weighted by Crippen LogP contribution is -2.44. The van der Waals surface area contributed by atoms with Crippen LogP contribution in [-0.4, -0.2) is 49.0 Å². The van der Waals surface area contributed by atoms with Crippen molar-refractivity contribution in [3.63, 3.8) is 0 Å². The number of hydrogen-bond acceptors (Lipinski definition) is 7. The van der Waals surface area contributed by atoms with Crippen LogP contribution in [0.2, 0.25) is 5.15 Å². The molecule has 0 saturated heterocycles. The average Bonchev–Trinajstić information content (AvgIpc) is 3.22. The van der Waals surface area contributed by atoms with Gasteiger partial charge in [-0.05, 0) is 61.3 Å². The molecule has 11 heteroatoms. The predicted octanol–water partition coefficient (Wildman–Crippen LogP) is 4.97. The van der Waals surface area contributed by atoms with E-state index >= 15 is 0 Å². The Labute approximate surface area is 190 Å². The van der Waals surface area contributed by atoms with Crippen molar-refractivity contribution in [1.82, 2.24) is 14.5 Å². The van der Waals surface area contributed by atoms with Crippen LogP contribution in [0.1, 0.15) is 71.7 Å². The summed E-state index contributed by atoms with van der Waals surface area (Å²) in [5.41, 5.74) is -2.40. The minimum Gasteiger partial charge on any atom is -0.478 e. The Morgan fingerprint density at radius 1 is 1.06 bits per heavy atom. The summed E-state index contributed by atoms with van der Waals surface area (Å²) in [5.74, 6) is -1.62. The molecular weight excluding hydrogens is 440 g/mol. The summed E-state index contributed by atoms with van der Waals surface area (Å²) in [5, 5.41) is 9.82. The van der Waals surface area contributed by atoms with Crippen LogP contribution in [0.5, 0.6) is 0 Å². The molecule has 1 N–H and O–H groups in total. The van der Waals surface area contributed by atoms with E-state index in [0.717, 1.165) is 19.2 Å². The highest BCUT2D eigenvalue weighted by Crippen LogP contribution is 2.49. The number of aromatic nitrogens is 3. The maximum absolute atomic E-state index is 13.1. The van der Waals surface area contributed by atoms with Gasteiger partial charge in [0.1, 0.15) is 33.9 Å². The predicted molar refractivity (Wildman–Crippen MR) is 117 cm³/mol. The number of halogens is 1. The number of hydrogen-bond donors (Lipinski definition) is 1. The molecule has 2 aromatic rings. The molecule has 2 aromatic heterocycles. The van der Waals surface area contributed by atoms with E-state index in [1.54, 1.807) is 46.1 Å². The van der Waals surface area contributed by atoms with Crippen molar-refractivity contribution in [3.8, 4) is 0 Å². The second kappa shape index (κ2) is 7.61. The Kier molecular flexibility index (Phi) is 5.66. The lowest BCUT2D eigenvalue weighted by atomic mass is 10.2. The van der Waals surface area contributed by atoms with Gasteiger partial charge in [-0.3, -0.25) is 0 Å². The van der Waals surface area contributed by atoms with Crippen LogP contribution in [0.3, 0.4) is 0 Å². The third kappa shape index (κ3) is 4.50. The third-order valence-corrected chi connectivity index (χ3v) is 5.12. The van der Waals surface area contributed by atoms with Gasteiger partial charge in [0.05, 0.1) is 5.39 Å². The number of carbonyl (C=O) groups is 3. The minimum absolute atomic E-state index is 0.0464. The molecule has 0 aromatic carbocycles. The molecule has 0 radical (unpaired) electrons. The second-order valence-corrected chi connectivity index (χ2v) is 10.4. The van der Waals surface area contributed by atoms with E-state index in [4.69, 9.17) is 21.1 Å². The summed E-state index contributed by atoms with van der Waals surface area (Å²) in [4.78, 5) is 47.2. The van der Waals surface area contributed by atoms with Gasteiger partial charge in [-0.25, -0.2) is 24.4 Å². The number of aromatic carboxylic acids is 1. The average molecular weight is 467 g/mol. The maximum Gasteiger partial charge on any atom is 0.425 e. The molecule has 10 nitrogen and oxygen atoms in total. The van der Waals surface area contributed by atoms with Crippen molar-refractivity contribution in [2.75, 3.05) is 4.90 Å². The van der Waals surface area contributed by atoms with Crippen LogP contribution < -0.4 is 4.90 Å². The smallest absolute Gasteiger partial charge is 0.425 e. The van der Waals surface area contributed by atoms with Crippen molar-refractivity contribution in [3.05, 3.63) is 17.0 Å². The summed E-state index contributed by atoms with van der Waals surface area (Å²) in [6, 6.07) is 0. The normalized spacial score (nSPS) is 15.4. The number of rotatable bonds is 3. The molecule has 1 aliphatic rings. The Bertz CT molecular complexity index is 1080. The molecule has 0 bridgehead atoms. The largest absolute Gasteiger partial charge is 0.478 e. The Morgan fingerprint density at radius 2 is 1.56 bits per heavy atom. The molecule has 32 heavy (non-hydrogen) atoms. The zero-order valence-corrected chi connectivity index (χ0v) is 19.9. The first-order valence-electron chi connectivity index (χ1n) is 10.1. The fourth-order valence-corrected chi connectivity index (χ4v) is 3.65. The first kappa shape index (κ1) is 23.8. The number of carboxylic acid groups (broad SMARTS) is 1. The van der Waals surface area contributed by atoms with Gasteiger partial charge in [0, 0.05) is 5.54 Å². The molecule has 0 atom stereocenters. The number of imide groups is 1. The van der Waals surface area contributed by atoms with Gasteiger partial charge < -0.3 is 19.1 Å². The zero-order chi connectivity index (χ0) is 24.2. The van der Waals surface area contributed by atoms with Gasteiger partial charge in [0.2, 0.25) is 0 Å². The molecular formula is C21H27ClN4O6. The van der Waals surface area contributed by atoms with E-state index in [1.807, 2.05) is 6.92 Å². The molecule has 1 fully saturated rings. The first-order chi connectivity index (χ1) is 14.6. The van der Waals surface area contributed by atoms with E-state index in [1.165, 1.54) is 0 Å². The molecule has 1 aliphatic carbocycles. The number of anilines is 1. The van der Waals surface area contributed by atoms with Crippen LogP contribution in [0.25, 0.3) is 11.0 Å². The maximum atomic E-state index is 13.1. The number of fused-ring (bicyclic) bond motifs is 1. The van der Waals surface area contributed by atoms with Crippen LogP contribution in [0.15, 0.2) is 6.33 Å². The van der Waals surface area contributed by atoms with Gasteiger partial charge in [0.25, 0.3) is 0 Å². The third-order valence-electron chi connectivity index (χ3n) is 4.76. The molecule has 0 unspecified atom stereocenters. The quantitative estimate of drug-likeness (QED) is 0.672. The highest BCUT2D eigenvalue weighted by Gasteiger charge is 2.45. The Hall–Kier alpha value is -2.88. The van der Waals surface area contributed by atoms with Gasteiger partial charge >= 0.3 is 18.2 Å². The summed E-state index contributed by atoms with van der Waals surface area (Å²) >= 11 is 6.48. The van der Waals surface area contributed by atoms with Gasteiger partial charge in [-0.1, -0.05) is 11.6 Å². The molecule has 0 aliphatic heterocycles. The van der Waals surface area contributed by atoms with Crippen LogP contribution in [0.4, 0.5) is 15.4 Å². The number of carboxylic acids is 1. The van der Waals surface area contributed by atoms with E-state index in [9.17, 15) is 19.5 Å². The highest BCUT2D eigenvalue weighted by atomic mass is 35.5. The highest BCUT2D eigenvalue weighted by molar-refractivity contribution is 6.36. The topological polar surface area (TPSA) is 124 Å². The summed E-state index contributed by atoms with van der Waals surface area (Å²) in [6.45, 7) is 11.7. The Balaban J connectivity index is 2.30. The monoisotopic (exact) mass is 466 g/mol. The lowest BCUT2D eigenvalue weighted by Gasteiger charge is -2.28. The van der Waals surface area contributed by atoms with E-state index in [2.05, 4.69) is 9.97 Å². The lowest BCUT2D eigenvalue weighted by molar-refractivity contribution is 0.0428. The van der Waals surface area contributed by atoms with Gasteiger partial charge in [0.15, 0.2) is 5.82 Å². The zero-order valence-electron chi connectivity index (χ0n) is 19.1. The van der Waals surface area contributed by atoms with Crippen molar-refractivity contribution < 1.29 is 29.0 Å². The standard InChI is InChI=1S/C21H27ClN4O6/c1-19(2,3)31-17(29)25(18(30)32-20(4,5)6)14-12-11(16(27)28)13(22)26(21(7)8-9-21)15(12)24-10-23-14/h10H,8-9H2,1-7H3,(H,27,28). The van der Waals surface area contributed by atoms with Crippen molar-refractivity contribution in [1.29, 1.82) is 0 Å². The SMILES string of the molecule is CC(C)(C)OC(=O)N(C(=O)OC(C)(C)C)c1ncnc2c1c(C(=O)O)c(Cl)n2C1(C)CC1. The van der Waals surface area contributed by atoms with E-state index in [-0.39, 0.29) is 27.6 Å². The number of nitrogens with zero attached hydrogens (tertiary/aromatic N) is 4. The molecule has 174 valence electrons. The summed E-state index contributed by atoms with van der Waals surface area (Å²) in [7, 11) is 0. The van der Waals surface area contributed by atoms with Crippen LogP contribution in [0, 0.1) is 0 Å². The fourth-order valence-electron chi connectivity index (χ4n) is 3.19. The molecule has 2 heterocycles. The molecule has 3 rings (SSSR count). The Morgan fingerprint density at radius 3 is 1.97 bits per heavy atom. The van der Waals surface area contributed by atoms with Gasteiger partial charge in [-0.2, -0.15) is 4.90 Å². The fraction of sp³-hybridized carbons (Fsp3) is 0.571. The van der Waals surface area contributed by atoms with E-state index in [0.29, 0.717) is 4.90 Å². The number of amides is 2. The first-order valence-corrected chi connectivity index (χ1v) is 10.5. The second-order valence-electron chi connectivity index (χ2n) is 10.00. The van der Waals surface area contributed by atoms with Crippen molar-refractivity contribution in [2.24, 2.45) is 0 Å². The van der Waals surface area contributed by atoms with Crippen LogP contribution >= 0.6 is 11.6 Å². The molecule has 0 spiro atoms.